The minimum atomic E-state index is -3.30. The zero-order valence-electron chi connectivity index (χ0n) is 7.93. The molecule has 80 valence electrons. The van der Waals surface area contributed by atoms with Crippen molar-refractivity contribution in [3.8, 4) is 0 Å². The predicted octanol–water partition coefficient (Wildman–Crippen LogP) is 0.764. The molecular formula is C8H14N2O2S2. The van der Waals surface area contributed by atoms with E-state index in [1.807, 2.05) is 6.92 Å². The molecule has 1 aromatic heterocycles. The van der Waals surface area contributed by atoms with Crippen molar-refractivity contribution < 1.29 is 8.42 Å². The SMILES string of the molecule is CC(N)CCNS(=O)(=O)c1cccs1. The lowest BCUT2D eigenvalue weighted by Crippen LogP contribution is -2.28. The van der Waals surface area contributed by atoms with Gasteiger partial charge in [-0.25, -0.2) is 13.1 Å². The summed E-state index contributed by atoms with van der Waals surface area (Å²) in [7, 11) is -3.30. The second kappa shape index (κ2) is 4.88. The van der Waals surface area contributed by atoms with Gasteiger partial charge in [-0.15, -0.1) is 11.3 Å². The lowest BCUT2D eigenvalue weighted by atomic mass is 10.3. The highest BCUT2D eigenvalue weighted by molar-refractivity contribution is 7.91. The molecule has 0 saturated heterocycles. The summed E-state index contributed by atoms with van der Waals surface area (Å²) in [5.41, 5.74) is 5.51. The maximum atomic E-state index is 11.5. The molecule has 0 aliphatic rings. The number of rotatable bonds is 5. The van der Waals surface area contributed by atoms with Gasteiger partial charge in [0.2, 0.25) is 10.0 Å². The summed E-state index contributed by atoms with van der Waals surface area (Å²) in [6.45, 7) is 2.23. The molecule has 0 bridgehead atoms. The molecule has 14 heavy (non-hydrogen) atoms. The number of nitrogens with two attached hydrogens (primary N) is 1. The molecule has 0 saturated carbocycles. The maximum absolute atomic E-state index is 11.5. The molecule has 0 aliphatic carbocycles. The van der Waals surface area contributed by atoms with E-state index in [-0.39, 0.29) is 6.04 Å². The van der Waals surface area contributed by atoms with Gasteiger partial charge in [0.1, 0.15) is 4.21 Å². The van der Waals surface area contributed by atoms with E-state index in [0.29, 0.717) is 17.2 Å². The quantitative estimate of drug-likeness (QED) is 0.790. The molecule has 0 fully saturated rings. The molecular weight excluding hydrogens is 220 g/mol. The predicted molar refractivity (Wildman–Crippen MR) is 57.8 cm³/mol. The summed E-state index contributed by atoms with van der Waals surface area (Å²) in [5, 5.41) is 1.74. The van der Waals surface area contributed by atoms with Crippen LogP contribution in [0.4, 0.5) is 0 Å². The number of hydrogen-bond donors (Lipinski definition) is 2. The van der Waals surface area contributed by atoms with Gasteiger partial charge in [-0.1, -0.05) is 6.07 Å². The third kappa shape index (κ3) is 3.38. The summed E-state index contributed by atoms with van der Waals surface area (Å²) < 4.78 is 25.9. The van der Waals surface area contributed by atoms with Crippen molar-refractivity contribution in [3.05, 3.63) is 17.5 Å². The van der Waals surface area contributed by atoms with Crippen molar-refractivity contribution in [1.82, 2.24) is 4.72 Å². The molecule has 0 radical (unpaired) electrons. The fraction of sp³-hybridized carbons (Fsp3) is 0.500. The van der Waals surface area contributed by atoms with Crippen LogP contribution in [-0.4, -0.2) is 21.0 Å². The van der Waals surface area contributed by atoms with Crippen molar-refractivity contribution in [3.63, 3.8) is 0 Å². The van der Waals surface area contributed by atoms with Crippen LogP contribution in [0.1, 0.15) is 13.3 Å². The normalized spacial score (nSPS) is 14.1. The van der Waals surface area contributed by atoms with E-state index < -0.39 is 10.0 Å². The number of thiophene rings is 1. The summed E-state index contributed by atoms with van der Waals surface area (Å²) in [5.74, 6) is 0. The molecule has 3 N–H and O–H groups in total. The van der Waals surface area contributed by atoms with Crippen LogP contribution in [0, 0.1) is 0 Å². The fourth-order valence-electron chi connectivity index (χ4n) is 0.908. The fourth-order valence-corrected chi connectivity index (χ4v) is 2.99. The van der Waals surface area contributed by atoms with E-state index in [1.54, 1.807) is 17.5 Å². The van der Waals surface area contributed by atoms with Crippen LogP contribution < -0.4 is 10.5 Å². The van der Waals surface area contributed by atoms with Gasteiger partial charge in [0.05, 0.1) is 0 Å². The molecule has 0 amide bonds. The Hall–Kier alpha value is -0.430. The van der Waals surface area contributed by atoms with Gasteiger partial charge in [-0.2, -0.15) is 0 Å². The molecule has 1 atom stereocenters. The topological polar surface area (TPSA) is 72.2 Å². The number of sulfonamides is 1. The smallest absolute Gasteiger partial charge is 0.250 e. The van der Waals surface area contributed by atoms with Crippen LogP contribution >= 0.6 is 11.3 Å². The highest BCUT2D eigenvalue weighted by Gasteiger charge is 2.13. The summed E-state index contributed by atoms with van der Waals surface area (Å²) >= 11 is 1.21. The highest BCUT2D eigenvalue weighted by atomic mass is 32.2. The third-order valence-corrected chi connectivity index (χ3v) is 4.51. The molecule has 1 rings (SSSR count). The largest absolute Gasteiger partial charge is 0.328 e. The lowest BCUT2D eigenvalue weighted by Gasteiger charge is -2.06. The van der Waals surface area contributed by atoms with Crippen LogP contribution in [0.15, 0.2) is 21.7 Å². The van der Waals surface area contributed by atoms with Crippen molar-refractivity contribution in [2.24, 2.45) is 5.73 Å². The average molecular weight is 234 g/mol. The minimum Gasteiger partial charge on any atom is -0.328 e. The highest BCUT2D eigenvalue weighted by Crippen LogP contribution is 2.14. The second-order valence-electron chi connectivity index (χ2n) is 3.10. The molecule has 1 unspecified atom stereocenters. The van der Waals surface area contributed by atoms with Gasteiger partial charge in [0.25, 0.3) is 0 Å². The Morgan fingerprint density at radius 3 is 2.86 bits per heavy atom. The van der Waals surface area contributed by atoms with Crippen LogP contribution in [-0.2, 0) is 10.0 Å². The standard InChI is InChI=1S/C8H14N2O2S2/c1-7(9)4-5-10-14(11,12)8-3-2-6-13-8/h2-3,6-7,10H,4-5,9H2,1H3. The first-order valence-corrected chi connectivity index (χ1v) is 6.67. The zero-order chi connectivity index (χ0) is 10.6. The van der Waals surface area contributed by atoms with Crippen LogP contribution in [0.3, 0.4) is 0 Å². The van der Waals surface area contributed by atoms with Crippen molar-refractivity contribution in [1.29, 1.82) is 0 Å². The van der Waals surface area contributed by atoms with E-state index in [2.05, 4.69) is 4.72 Å². The van der Waals surface area contributed by atoms with E-state index in [0.717, 1.165) is 0 Å². The Labute approximate surface area is 88.2 Å². The van der Waals surface area contributed by atoms with E-state index in [1.165, 1.54) is 11.3 Å². The van der Waals surface area contributed by atoms with E-state index >= 15 is 0 Å². The molecule has 1 aromatic rings. The Morgan fingerprint density at radius 1 is 1.64 bits per heavy atom. The third-order valence-electron chi connectivity index (χ3n) is 1.65. The maximum Gasteiger partial charge on any atom is 0.250 e. The summed E-state index contributed by atoms with van der Waals surface area (Å²) in [4.78, 5) is 0. The summed E-state index contributed by atoms with van der Waals surface area (Å²) in [6.07, 6.45) is 0.643. The monoisotopic (exact) mass is 234 g/mol. The van der Waals surface area contributed by atoms with Crippen molar-refractivity contribution >= 4 is 21.4 Å². The first-order valence-electron chi connectivity index (χ1n) is 4.31. The van der Waals surface area contributed by atoms with Crippen molar-refractivity contribution in [2.75, 3.05) is 6.54 Å². The number of hydrogen-bond acceptors (Lipinski definition) is 4. The Morgan fingerprint density at radius 2 is 2.36 bits per heavy atom. The average Bonchev–Trinajstić information content (AvgIpc) is 2.54. The molecule has 0 spiro atoms. The number of nitrogens with one attached hydrogen (secondary N) is 1. The first kappa shape index (κ1) is 11.6. The van der Waals surface area contributed by atoms with Crippen molar-refractivity contribution in [2.45, 2.75) is 23.6 Å². The van der Waals surface area contributed by atoms with Gasteiger partial charge >= 0.3 is 0 Å². The second-order valence-corrected chi connectivity index (χ2v) is 6.04. The zero-order valence-corrected chi connectivity index (χ0v) is 9.57. The van der Waals surface area contributed by atoms with E-state index in [9.17, 15) is 8.42 Å². The Kier molecular flexibility index (Phi) is 4.06. The van der Waals surface area contributed by atoms with Gasteiger partial charge < -0.3 is 5.73 Å². The summed E-state index contributed by atoms with van der Waals surface area (Å²) in [6, 6.07) is 3.31. The van der Waals surface area contributed by atoms with E-state index in [4.69, 9.17) is 5.73 Å². The molecule has 0 aromatic carbocycles. The van der Waals surface area contributed by atoms with Gasteiger partial charge in [-0.05, 0) is 24.8 Å². The van der Waals surface area contributed by atoms with Gasteiger partial charge in [0, 0.05) is 12.6 Å². The molecule has 4 nitrogen and oxygen atoms in total. The Bertz CT molecular complexity index is 357. The van der Waals surface area contributed by atoms with Crippen LogP contribution in [0.5, 0.6) is 0 Å². The Balaban J connectivity index is 2.52. The molecule has 0 aliphatic heterocycles. The molecule has 1 heterocycles. The minimum absolute atomic E-state index is 0.0148. The first-order chi connectivity index (χ1) is 6.52. The molecule has 6 heteroatoms. The van der Waals surface area contributed by atoms with Crippen LogP contribution in [0.2, 0.25) is 0 Å². The van der Waals surface area contributed by atoms with Gasteiger partial charge in [0.15, 0.2) is 0 Å². The van der Waals surface area contributed by atoms with Crippen LogP contribution in [0.25, 0.3) is 0 Å². The van der Waals surface area contributed by atoms with Gasteiger partial charge in [-0.3, -0.25) is 0 Å². The lowest BCUT2D eigenvalue weighted by molar-refractivity contribution is 0.574.